The number of para-hydroxylation sites is 2. The molecule has 0 saturated carbocycles. The minimum atomic E-state index is -0.407. The van der Waals surface area contributed by atoms with Crippen LogP contribution in [-0.4, -0.2) is 22.7 Å². The molecule has 0 spiro atoms. The number of benzene rings is 2. The summed E-state index contributed by atoms with van der Waals surface area (Å²) in [4.78, 5) is 39.9. The minimum Gasteiger partial charge on any atom is -0.358 e. The number of aromatic nitrogens is 1. The molecule has 0 bridgehead atoms. The summed E-state index contributed by atoms with van der Waals surface area (Å²) in [7, 11) is 0. The van der Waals surface area contributed by atoms with E-state index in [1.54, 1.807) is 0 Å². The van der Waals surface area contributed by atoms with Crippen LogP contribution < -0.4 is 10.6 Å². The van der Waals surface area contributed by atoms with E-state index in [0.29, 0.717) is 12.0 Å². The Balaban J connectivity index is 1.35. The van der Waals surface area contributed by atoms with E-state index in [1.165, 1.54) is 0 Å². The van der Waals surface area contributed by atoms with Crippen LogP contribution in [0.4, 0.5) is 5.69 Å². The van der Waals surface area contributed by atoms with Crippen molar-refractivity contribution in [1.29, 1.82) is 0 Å². The normalized spacial score (nSPS) is 13.7. The predicted octanol–water partition coefficient (Wildman–Crippen LogP) is 5.06. The molecule has 0 saturated heterocycles. The maximum absolute atomic E-state index is 12.4. The van der Waals surface area contributed by atoms with Gasteiger partial charge < -0.3 is 10.3 Å². The first-order valence-corrected chi connectivity index (χ1v) is 11.5. The van der Waals surface area contributed by atoms with Crippen molar-refractivity contribution in [2.75, 3.05) is 5.32 Å². The monoisotopic (exact) mass is 493 g/mol. The standard InChI is InChI=1S/C25H24BrN3O3/c26-23-22(24(31)29-25(23)32)21-17-12-8-9-13-18(17)28-19(21)14-6-1-2-7-15-20(30)27-16-10-4-3-5-11-16/h3-5,8-13,28H,1-2,6-7,14-15H2,(H,27,30)(H,29,31,32). The van der Waals surface area contributed by atoms with Gasteiger partial charge in [0.2, 0.25) is 5.91 Å². The van der Waals surface area contributed by atoms with Crippen LogP contribution in [0.5, 0.6) is 0 Å². The first kappa shape index (κ1) is 22.0. The van der Waals surface area contributed by atoms with Crippen molar-refractivity contribution < 1.29 is 14.4 Å². The SMILES string of the molecule is O=C(CCCCCCc1[nH]c2ccccc2c1C1=C(Br)C(=O)NC1=O)Nc1ccccc1. The molecule has 6 nitrogen and oxygen atoms in total. The molecule has 164 valence electrons. The van der Waals surface area contributed by atoms with Gasteiger partial charge in [0, 0.05) is 34.3 Å². The zero-order chi connectivity index (χ0) is 22.5. The minimum absolute atomic E-state index is 0.0304. The Hall–Kier alpha value is -3.19. The van der Waals surface area contributed by atoms with Crippen LogP contribution in [0.3, 0.4) is 0 Å². The molecule has 3 N–H and O–H groups in total. The highest BCUT2D eigenvalue weighted by atomic mass is 79.9. The van der Waals surface area contributed by atoms with Gasteiger partial charge in [-0.25, -0.2) is 0 Å². The van der Waals surface area contributed by atoms with Crippen LogP contribution >= 0.6 is 15.9 Å². The average Bonchev–Trinajstić information content (AvgIpc) is 3.26. The van der Waals surface area contributed by atoms with Gasteiger partial charge in [0.15, 0.2) is 0 Å². The van der Waals surface area contributed by atoms with E-state index < -0.39 is 5.91 Å². The summed E-state index contributed by atoms with van der Waals surface area (Å²) in [6.07, 6.45) is 4.91. The smallest absolute Gasteiger partial charge is 0.265 e. The first-order chi connectivity index (χ1) is 15.5. The quantitative estimate of drug-likeness (QED) is 0.287. The fourth-order valence-corrected chi connectivity index (χ4v) is 4.49. The molecule has 0 radical (unpaired) electrons. The largest absolute Gasteiger partial charge is 0.358 e. The number of hydrogen-bond donors (Lipinski definition) is 3. The van der Waals surface area contributed by atoms with E-state index in [4.69, 9.17) is 0 Å². The topological polar surface area (TPSA) is 91.1 Å². The second-order valence-electron chi connectivity index (χ2n) is 7.82. The number of unbranched alkanes of at least 4 members (excludes halogenated alkanes) is 3. The third kappa shape index (κ3) is 4.83. The van der Waals surface area contributed by atoms with Crippen LogP contribution in [-0.2, 0) is 20.8 Å². The highest BCUT2D eigenvalue weighted by Crippen LogP contribution is 2.36. The molecule has 32 heavy (non-hydrogen) atoms. The fourth-order valence-electron chi connectivity index (χ4n) is 4.01. The van der Waals surface area contributed by atoms with Crippen molar-refractivity contribution in [3.05, 3.63) is 70.3 Å². The summed E-state index contributed by atoms with van der Waals surface area (Å²) in [5.41, 5.74) is 3.89. The molecule has 3 amide bonds. The molecule has 4 rings (SSSR count). The number of nitrogens with one attached hydrogen (secondary N) is 3. The number of carbonyl (C=O) groups is 3. The molecule has 2 heterocycles. The number of carbonyl (C=O) groups excluding carboxylic acids is 3. The highest BCUT2D eigenvalue weighted by Gasteiger charge is 2.32. The number of aryl methyl sites for hydroxylation is 1. The van der Waals surface area contributed by atoms with Crippen LogP contribution in [0.15, 0.2) is 59.1 Å². The van der Waals surface area contributed by atoms with Gasteiger partial charge in [0.05, 0.1) is 10.1 Å². The lowest BCUT2D eigenvalue weighted by Crippen LogP contribution is -2.22. The molecule has 0 fully saturated rings. The predicted molar refractivity (Wildman–Crippen MR) is 129 cm³/mol. The molecule has 2 aromatic carbocycles. The van der Waals surface area contributed by atoms with E-state index in [-0.39, 0.29) is 16.3 Å². The number of rotatable bonds is 9. The Kier molecular flexibility index (Phi) is 6.85. The summed E-state index contributed by atoms with van der Waals surface area (Å²) in [5.74, 6) is -0.755. The molecule has 1 aliphatic heterocycles. The van der Waals surface area contributed by atoms with Crippen molar-refractivity contribution in [3.8, 4) is 0 Å². The van der Waals surface area contributed by atoms with Crippen molar-refractivity contribution >= 4 is 55.8 Å². The molecule has 0 aliphatic carbocycles. The Morgan fingerprint density at radius 3 is 2.34 bits per heavy atom. The number of H-pyrrole nitrogens is 1. The van der Waals surface area contributed by atoms with Crippen LogP contribution in [0, 0.1) is 0 Å². The number of halogens is 1. The van der Waals surface area contributed by atoms with Gasteiger partial charge >= 0.3 is 0 Å². The van der Waals surface area contributed by atoms with Gasteiger partial charge in [0.25, 0.3) is 11.8 Å². The lowest BCUT2D eigenvalue weighted by molar-refractivity contribution is -0.123. The summed E-state index contributed by atoms with van der Waals surface area (Å²) >= 11 is 3.29. The zero-order valence-electron chi connectivity index (χ0n) is 17.5. The van der Waals surface area contributed by atoms with E-state index in [0.717, 1.165) is 60.0 Å². The molecule has 1 aliphatic rings. The van der Waals surface area contributed by atoms with Gasteiger partial charge in [-0.3, -0.25) is 19.7 Å². The van der Waals surface area contributed by atoms with Gasteiger partial charge in [-0.1, -0.05) is 49.2 Å². The Labute approximate surface area is 194 Å². The number of imide groups is 1. The third-order valence-corrected chi connectivity index (χ3v) is 6.30. The van der Waals surface area contributed by atoms with E-state index in [2.05, 4.69) is 31.5 Å². The molecule has 0 atom stereocenters. The molecule has 7 heteroatoms. The van der Waals surface area contributed by atoms with Crippen LogP contribution in [0.1, 0.15) is 43.4 Å². The molecule has 3 aromatic rings. The van der Waals surface area contributed by atoms with Gasteiger partial charge in [-0.15, -0.1) is 0 Å². The second-order valence-corrected chi connectivity index (χ2v) is 8.62. The lowest BCUT2D eigenvalue weighted by Gasteiger charge is -2.07. The van der Waals surface area contributed by atoms with E-state index in [1.807, 2.05) is 54.6 Å². The summed E-state index contributed by atoms with van der Waals surface area (Å²) < 4.78 is 0.276. The zero-order valence-corrected chi connectivity index (χ0v) is 19.1. The number of hydrogen-bond acceptors (Lipinski definition) is 3. The molecular formula is C25H24BrN3O3. The average molecular weight is 494 g/mol. The number of fused-ring (bicyclic) bond motifs is 1. The molecule has 1 aromatic heterocycles. The van der Waals surface area contributed by atoms with E-state index >= 15 is 0 Å². The van der Waals surface area contributed by atoms with Gasteiger partial charge in [0.1, 0.15) is 0 Å². The number of anilines is 1. The van der Waals surface area contributed by atoms with Crippen LogP contribution in [0.2, 0.25) is 0 Å². The number of aromatic amines is 1. The third-order valence-electron chi connectivity index (χ3n) is 5.54. The summed E-state index contributed by atoms with van der Waals surface area (Å²) in [5, 5.41) is 6.19. The molecule has 0 unspecified atom stereocenters. The maximum atomic E-state index is 12.4. The highest BCUT2D eigenvalue weighted by molar-refractivity contribution is 9.12. The first-order valence-electron chi connectivity index (χ1n) is 10.7. The van der Waals surface area contributed by atoms with Gasteiger partial charge in [-0.05, 0) is 53.4 Å². The second kappa shape index (κ2) is 9.96. The van der Waals surface area contributed by atoms with Gasteiger partial charge in [-0.2, -0.15) is 0 Å². The lowest BCUT2D eigenvalue weighted by atomic mass is 9.99. The van der Waals surface area contributed by atoms with Crippen LogP contribution in [0.25, 0.3) is 16.5 Å². The number of amides is 3. The Morgan fingerprint density at radius 1 is 0.875 bits per heavy atom. The Morgan fingerprint density at radius 2 is 1.59 bits per heavy atom. The van der Waals surface area contributed by atoms with Crippen molar-refractivity contribution in [1.82, 2.24) is 10.3 Å². The van der Waals surface area contributed by atoms with Crippen molar-refractivity contribution in [3.63, 3.8) is 0 Å². The van der Waals surface area contributed by atoms with Crippen molar-refractivity contribution in [2.24, 2.45) is 0 Å². The fraction of sp³-hybridized carbons (Fsp3) is 0.240. The Bertz CT molecular complexity index is 1200. The summed E-state index contributed by atoms with van der Waals surface area (Å²) in [6.45, 7) is 0. The van der Waals surface area contributed by atoms with Crippen molar-refractivity contribution in [2.45, 2.75) is 38.5 Å². The maximum Gasteiger partial charge on any atom is 0.265 e. The summed E-state index contributed by atoms with van der Waals surface area (Å²) in [6, 6.07) is 17.3. The molecular weight excluding hydrogens is 470 g/mol. The van der Waals surface area contributed by atoms with E-state index in [9.17, 15) is 14.4 Å².